The minimum absolute atomic E-state index is 0.268. The Morgan fingerprint density at radius 1 is 1.14 bits per heavy atom. The molecule has 0 aliphatic heterocycles. The third-order valence-corrected chi connectivity index (χ3v) is 4.30. The number of para-hydroxylation sites is 1. The van der Waals surface area contributed by atoms with Gasteiger partial charge in [0.25, 0.3) is 5.91 Å². The average molecular weight is 406 g/mol. The Labute approximate surface area is 169 Å². The van der Waals surface area contributed by atoms with Gasteiger partial charge in [-0.05, 0) is 50.1 Å². The van der Waals surface area contributed by atoms with E-state index in [1.807, 2.05) is 38.1 Å². The van der Waals surface area contributed by atoms with Crippen molar-refractivity contribution in [1.29, 1.82) is 0 Å². The summed E-state index contributed by atoms with van der Waals surface area (Å²) < 4.78 is 15.9. The molecular formula is C21H24ClNO5. The fraction of sp³-hybridized carbons (Fsp3) is 0.333. The van der Waals surface area contributed by atoms with Crippen LogP contribution >= 0.6 is 11.6 Å². The number of carbonyl (C=O) groups excluding carboxylic acids is 2. The summed E-state index contributed by atoms with van der Waals surface area (Å²) in [6.07, 6.45) is -0.946. The van der Waals surface area contributed by atoms with Crippen LogP contribution < -0.4 is 14.8 Å². The smallest absolute Gasteiger partial charge is 0.344 e. The van der Waals surface area contributed by atoms with Crippen molar-refractivity contribution in [1.82, 2.24) is 5.32 Å². The molecule has 7 heteroatoms. The third kappa shape index (κ3) is 5.89. The molecule has 0 aromatic heterocycles. The first kappa shape index (κ1) is 21.6. The number of nitrogens with one attached hydrogen (secondary N) is 1. The number of amides is 1. The van der Waals surface area contributed by atoms with Crippen LogP contribution in [-0.4, -0.2) is 31.7 Å². The molecule has 1 amide bonds. The van der Waals surface area contributed by atoms with Crippen molar-refractivity contribution >= 4 is 23.5 Å². The second kappa shape index (κ2) is 9.99. The van der Waals surface area contributed by atoms with Crippen LogP contribution in [-0.2, 0) is 20.9 Å². The molecule has 0 aliphatic rings. The fourth-order valence-electron chi connectivity index (χ4n) is 2.72. The predicted octanol–water partition coefficient (Wildman–Crippen LogP) is 3.59. The van der Waals surface area contributed by atoms with Crippen molar-refractivity contribution in [3.63, 3.8) is 0 Å². The first-order valence-electron chi connectivity index (χ1n) is 8.80. The number of hydrogen-bond donors (Lipinski definition) is 1. The van der Waals surface area contributed by atoms with Gasteiger partial charge in [0, 0.05) is 17.1 Å². The predicted molar refractivity (Wildman–Crippen MR) is 107 cm³/mol. The van der Waals surface area contributed by atoms with Crippen LogP contribution in [0.3, 0.4) is 0 Å². The highest BCUT2D eigenvalue weighted by atomic mass is 35.5. The van der Waals surface area contributed by atoms with E-state index in [9.17, 15) is 9.59 Å². The topological polar surface area (TPSA) is 73.9 Å². The molecule has 2 rings (SSSR count). The summed E-state index contributed by atoms with van der Waals surface area (Å²) >= 11 is 5.98. The normalized spacial score (nSPS) is 11.5. The minimum atomic E-state index is -0.946. The standard InChI is InChI=1S/C21H24ClNO5/c1-13-9-17(22)10-14(2)20(13)27-12-19(24)28-15(3)21(25)23-11-16-7-5-6-8-18(16)26-4/h5-10,15H,11-12H2,1-4H3,(H,23,25)/t15-/m1/s1. The quantitative estimate of drug-likeness (QED) is 0.679. The van der Waals surface area contributed by atoms with Crippen LogP contribution in [0, 0.1) is 13.8 Å². The number of carbonyl (C=O) groups is 2. The highest BCUT2D eigenvalue weighted by molar-refractivity contribution is 6.30. The second-order valence-electron chi connectivity index (χ2n) is 6.32. The number of benzene rings is 2. The molecule has 1 atom stereocenters. The van der Waals surface area contributed by atoms with Gasteiger partial charge in [-0.2, -0.15) is 0 Å². The summed E-state index contributed by atoms with van der Waals surface area (Å²) in [6, 6.07) is 10.9. The highest BCUT2D eigenvalue weighted by Gasteiger charge is 2.19. The zero-order valence-corrected chi connectivity index (χ0v) is 17.1. The van der Waals surface area contributed by atoms with Crippen LogP contribution in [0.4, 0.5) is 0 Å². The van der Waals surface area contributed by atoms with Gasteiger partial charge in [-0.15, -0.1) is 0 Å². The van der Waals surface area contributed by atoms with Crippen LogP contribution in [0.2, 0.25) is 5.02 Å². The van der Waals surface area contributed by atoms with Gasteiger partial charge in [-0.3, -0.25) is 4.79 Å². The van der Waals surface area contributed by atoms with Gasteiger partial charge in [0.05, 0.1) is 7.11 Å². The number of hydrogen-bond acceptors (Lipinski definition) is 5. The van der Waals surface area contributed by atoms with E-state index in [2.05, 4.69) is 5.32 Å². The molecule has 0 spiro atoms. The zero-order valence-electron chi connectivity index (χ0n) is 16.4. The lowest BCUT2D eigenvalue weighted by molar-refractivity contribution is -0.156. The third-order valence-electron chi connectivity index (χ3n) is 4.08. The molecule has 6 nitrogen and oxygen atoms in total. The Balaban J connectivity index is 1.84. The summed E-state index contributed by atoms with van der Waals surface area (Å²) in [6.45, 7) is 5.16. The van der Waals surface area contributed by atoms with Gasteiger partial charge < -0.3 is 19.5 Å². The van der Waals surface area contributed by atoms with Crippen LogP contribution in [0.15, 0.2) is 36.4 Å². The lowest BCUT2D eigenvalue weighted by Gasteiger charge is -2.16. The largest absolute Gasteiger partial charge is 0.496 e. The molecule has 150 valence electrons. The van der Waals surface area contributed by atoms with Gasteiger partial charge in [0.15, 0.2) is 12.7 Å². The monoisotopic (exact) mass is 405 g/mol. The lowest BCUT2D eigenvalue weighted by atomic mass is 10.1. The van der Waals surface area contributed by atoms with Crippen molar-refractivity contribution in [2.75, 3.05) is 13.7 Å². The molecule has 2 aromatic rings. The van der Waals surface area contributed by atoms with Crippen molar-refractivity contribution < 1.29 is 23.8 Å². The van der Waals surface area contributed by atoms with Crippen molar-refractivity contribution in [3.8, 4) is 11.5 Å². The summed E-state index contributed by atoms with van der Waals surface area (Å²) in [7, 11) is 1.56. The lowest BCUT2D eigenvalue weighted by Crippen LogP contribution is -2.36. The molecule has 2 aromatic carbocycles. The summed E-state index contributed by atoms with van der Waals surface area (Å²) in [5.41, 5.74) is 2.47. The van der Waals surface area contributed by atoms with E-state index in [-0.39, 0.29) is 13.2 Å². The van der Waals surface area contributed by atoms with E-state index >= 15 is 0 Å². The number of rotatable bonds is 8. The van der Waals surface area contributed by atoms with Crippen LogP contribution in [0.1, 0.15) is 23.6 Å². The van der Waals surface area contributed by atoms with E-state index in [1.165, 1.54) is 6.92 Å². The number of methoxy groups -OCH3 is 1. The Hall–Kier alpha value is -2.73. The van der Waals surface area contributed by atoms with Gasteiger partial charge in [-0.25, -0.2) is 4.79 Å². The highest BCUT2D eigenvalue weighted by Crippen LogP contribution is 2.27. The van der Waals surface area contributed by atoms with Gasteiger partial charge in [0.1, 0.15) is 11.5 Å². The maximum absolute atomic E-state index is 12.2. The first-order chi connectivity index (χ1) is 13.3. The second-order valence-corrected chi connectivity index (χ2v) is 6.76. The molecule has 0 bridgehead atoms. The van der Waals surface area contributed by atoms with Crippen LogP contribution in [0.25, 0.3) is 0 Å². The molecular weight excluding hydrogens is 382 g/mol. The molecule has 0 saturated carbocycles. The summed E-state index contributed by atoms with van der Waals surface area (Å²) in [4.78, 5) is 24.2. The number of esters is 1. The molecule has 1 N–H and O–H groups in total. The molecule has 0 aliphatic carbocycles. The van der Waals surface area contributed by atoms with E-state index in [4.69, 9.17) is 25.8 Å². The maximum atomic E-state index is 12.2. The summed E-state index contributed by atoms with van der Waals surface area (Å²) in [5, 5.41) is 3.33. The van der Waals surface area contributed by atoms with Gasteiger partial charge in [-0.1, -0.05) is 29.8 Å². The van der Waals surface area contributed by atoms with E-state index in [1.54, 1.807) is 19.2 Å². The first-order valence-corrected chi connectivity index (χ1v) is 9.18. The average Bonchev–Trinajstić information content (AvgIpc) is 2.65. The SMILES string of the molecule is COc1ccccc1CNC(=O)[C@@H](C)OC(=O)COc1c(C)cc(Cl)cc1C. The maximum Gasteiger partial charge on any atom is 0.344 e. The number of aryl methyl sites for hydroxylation is 2. The molecule has 0 heterocycles. The zero-order chi connectivity index (χ0) is 20.7. The van der Waals surface area contributed by atoms with Gasteiger partial charge >= 0.3 is 5.97 Å². The van der Waals surface area contributed by atoms with Crippen LogP contribution in [0.5, 0.6) is 11.5 Å². The van der Waals surface area contributed by atoms with Gasteiger partial charge in [0.2, 0.25) is 0 Å². The number of ether oxygens (including phenoxy) is 3. The van der Waals surface area contributed by atoms with E-state index in [0.717, 1.165) is 16.7 Å². The molecule has 0 unspecified atom stereocenters. The summed E-state index contributed by atoms with van der Waals surface area (Å²) in [5.74, 6) is 0.219. The van der Waals surface area contributed by atoms with E-state index < -0.39 is 18.0 Å². The Morgan fingerprint density at radius 3 is 2.43 bits per heavy atom. The minimum Gasteiger partial charge on any atom is -0.496 e. The van der Waals surface area contributed by atoms with Crippen molar-refractivity contribution in [2.24, 2.45) is 0 Å². The Kier molecular flexibility index (Phi) is 7.70. The van der Waals surface area contributed by atoms with Crippen molar-refractivity contribution in [2.45, 2.75) is 33.4 Å². The molecule has 0 saturated heterocycles. The Bertz CT molecular complexity index is 829. The molecule has 0 radical (unpaired) electrons. The number of halogens is 1. The Morgan fingerprint density at radius 2 is 1.79 bits per heavy atom. The fourth-order valence-corrected chi connectivity index (χ4v) is 3.04. The molecule has 28 heavy (non-hydrogen) atoms. The van der Waals surface area contributed by atoms with Crippen molar-refractivity contribution in [3.05, 3.63) is 58.1 Å². The van der Waals surface area contributed by atoms with E-state index in [0.29, 0.717) is 16.5 Å². The molecule has 0 fully saturated rings.